The highest BCUT2D eigenvalue weighted by molar-refractivity contribution is 6.34. The molecule has 1 N–H and O–H groups in total. The summed E-state index contributed by atoms with van der Waals surface area (Å²) in [5.41, 5.74) is 0.595. The molecule has 3 rings (SSSR count). The highest BCUT2D eigenvalue weighted by Gasteiger charge is 2.18. The number of amides is 1. The van der Waals surface area contributed by atoms with Crippen LogP contribution in [-0.2, 0) is 4.79 Å². The molecule has 0 atom stereocenters. The summed E-state index contributed by atoms with van der Waals surface area (Å²) < 4.78 is 11.0. The molecule has 1 saturated carbocycles. The van der Waals surface area contributed by atoms with E-state index in [9.17, 15) is 4.79 Å². The molecule has 2 aliphatic rings. The third kappa shape index (κ3) is 3.62. The summed E-state index contributed by atoms with van der Waals surface area (Å²) >= 11 is 6.18. The lowest BCUT2D eigenvalue weighted by atomic mass is 10.0. The number of fused-ring (bicyclic) bond motifs is 1. The number of halogens is 1. The van der Waals surface area contributed by atoms with Crippen LogP contribution in [0, 0.1) is 5.92 Å². The van der Waals surface area contributed by atoms with Crippen LogP contribution >= 0.6 is 11.6 Å². The summed E-state index contributed by atoms with van der Waals surface area (Å²) in [5.74, 6) is 2.00. The van der Waals surface area contributed by atoms with Gasteiger partial charge in [0.15, 0.2) is 11.5 Å². The molecule has 1 amide bonds. The highest BCUT2D eigenvalue weighted by atomic mass is 35.5. The third-order valence-electron chi connectivity index (χ3n) is 4.16. The number of carbonyl (C=O) groups is 1. The molecule has 1 aromatic carbocycles. The second kappa shape index (κ2) is 6.56. The molecule has 1 aromatic rings. The summed E-state index contributed by atoms with van der Waals surface area (Å²) in [6.07, 6.45) is 6.65. The largest absolute Gasteiger partial charge is 0.486 e. The van der Waals surface area contributed by atoms with Crippen LogP contribution in [0.25, 0.3) is 0 Å². The van der Waals surface area contributed by atoms with Crippen LogP contribution in [0.4, 0.5) is 5.69 Å². The predicted molar refractivity (Wildman–Crippen MR) is 82.3 cm³/mol. The van der Waals surface area contributed by atoms with Crippen LogP contribution in [0.2, 0.25) is 5.02 Å². The Hall–Kier alpha value is -1.42. The van der Waals surface area contributed by atoms with E-state index in [4.69, 9.17) is 21.1 Å². The zero-order valence-electron chi connectivity index (χ0n) is 12.0. The summed E-state index contributed by atoms with van der Waals surface area (Å²) in [6, 6.07) is 3.44. The van der Waals surface area contributed by atoms with E-state index in [2.05, 4.69) is 5.32 Å². The van der Waals surface area contributed by atoms with Crippen molar-refractivity contribution in [2.75, 3.05) is 18.5 Å². The maximum absolute atomic E-state index is 12.0. The van der Waals surface area contributed by atoms with Crippen LogP contribution in [0.5, 0.6) is 11.5 Å². The number of hydrogen-bond acceptors (Lipinski definition) is 3. The van der Waals surface area contributed by atoms with E-state index in [1.807, 2.05) is 0 Å². The highest BCUT2D eigenvalue weighted by Crippen LogP contribution is 2.38. The van der Waals surface area contributed by atoms with Crippen LogP contribution in [0.15, 0.2) is 12.1 Å². The van der Waals surface area contributed by atoms with Crippen LogP contribution in [-0.4, -0.2) is 19.1 Å². The van der Waals surface area contributed by atoms with Gasteiger partial charge in [-0.05, 0) is 12.3 Å². The predicted octanol–water partition coefficient (Wildman–Crippen LogP) is 4.02. The van der Waals surface area contributed by atoms with Gasteiger partial charge in [-0.1, -0.05) is 37.3 Å². The molecule has 0 aromatic heterocycles. The van der Waals surface area contributed by atoms with Gasteiger partial charge in [0, 0.05) is 18.6 Å². The fourth-order valence-corrected chi connectivity index (χ4v) is 3.21. The Morgan fingerprint density at radius 3 is 2.57 bits per heavy atom. The van der Waals surface area contributed by atoms with Crippen LogP contribution < -0.4 is 14.8 Å². The summed E-state index contributed by atoms with van der Waals surface area (Å²) in [6.45, 7) is 1.04. The number of anilines is 1. The molecule has 21 heavy (non-hydrogen) atoms. The van der Waals surface area contributed by atoms with Gasteiger partial charge in [-0.25, -0.2) is 0 Å². The van der Waals surface area contributed by atoms with Crippen molar-refractivity contribution in [1.29, 1.82) is 0 Å². The number of rotatable bonds is 4. The van der Waals surface area contributed by atoms with E-state index in [0.717, 1.165) is 6.42 Å². The Labute approximate surface area is 129 Å². The minimum Gasteiger partial charge on any atom is -0.486 e. The van der Waals surface area contributed by atoms with E-state index in [-0.39, 0.29) is 5.91 Å². The van der Waals surface area contributed by atoms with Crippen molar-refractivity contribution in [1.82, 2.24) is 0 Å². The first-order valence-electron chi connectivity index (χ1n) is 7.61. The van der Waals surface area contributed by atoms with E-state index >= 15 is 0 Å². The van der Waals surface area contributed by atoms with Crippen molar-refractivity contribution in [2.24, 2.45) is 5.92 Å². The standard InChI is InChI=1S/C16H20ClNO3/c17-12-9-14-15(21-8-7-20-14)10-13(12)18-16(19)6-5-11-3-1-2-4-11/h9-11H,1-8H2,(H,18,19). The van der Waals surface area contributed by atoms with Crippen molar-refractivity contribution in [3.63, 3.8) is 0 Å². The molecule has 1 aliphatic carbocycles. The van der Waals surface area contributed by atoms with Gasteiger partial charge in [0.05, 0.1) is 10.7 Å². The summed E-state index contributed by atoms with van der Waals surface area (Å²) in [5, 5.41) is 3.36. The number of nitrogens with one attached hydrogen (secondary N) is 1. The zero-order chi connectivity index (χ0) is 14.7. The number of carbonyl (C=O) groups excluding carboxylic acids is 1. The van der Waals surface area contributed by atoms with Crippen molar-refractivity contribution >= 4 is 23.2 Å². The van der Waals surface area contributed by atoms with Crippen molar-refractivity contribution < 1.29 is 14.3 Å². The second-order valence-corrected chi connectivity index (χ2v) is 6.12. The van der Waals surface area contributed by atoms with Gasteiger partial charge in [-0.3, -0.25) is 4.79 Å². The molecule has 0 radical (unpaired) electrons. The number of ether oxygens (including phenoxy) is 2. The molecule has 1 aliphatic heterocycles. The molecule has 4 nitrogen and oxygen atoms in total. The van der Waals surface area contributed by atoms with Gasteiger partial charge in [0.25, 0.3) is 0 Å². The fraction of sp³-hybridized carbons (Fsp3) is 0.562. The Bertz CT molecular complexity index is 526. The maximum atomic E-state index is 12.0. The molecule has 1 heterocycles. The van der Waals surface area contributed by atoms with Gasteiger partial charge in [0.2, 0.25) is 5.91 Å². The van der Waals surface area contributed by atoms with Crippen molar-refractivity contribution in [3.05, 3.63) is 17.2 Å². The lowest BCUT2D eigenvalue weighted by Crippen LogP contribution is -2.17. The Kier molecular flexibility index (Phi) is 4.54. The first-order valence-corrected chi connectivity index (χ1v) is 7.99. The average Bonchev–Trinajstić information content (AvgIpc) is 2.99. The Balaban J connectivity index is 1.59. The zero-order valence-corrected chi connectivity index (χ0v) is 12.7. The Morgan fingerprint density at radius 2 is 1.86 bits per heavy atom. The SMILES string of the molecule is O=C(CCC1CCCC1)Nc1cc2c(cc1Cl)OCCO2. The molecule has 0 bridgehead atoms. The quantitative estimate of drug-likeness (QED) is 0.913. The van der Waals surface area contributed by atoms with E-state index in [1.165, 1.54) is 25.7 Å². The second-order valence-electron chi connectivity index (χ2n) is 5.71. The lowest BCUT2D eigenvalue weighted by molar-refractivity contribution is -0.116. The van der Waals surface area contributed by atoms with Crippen LogP contribution in [0.3, 0.4) is 0 Å². The van der Waals surface area contributed by atoms with Gasteiger partial charge in [-0.2, -0.15) is 0 Å². The topological polar surface area (TPSA) is 47.6 Å². The smallest absolute Gasteiger partial charge is 0.224 e. The van der Waals surface area contributed by atoms with Crippen molar-refractivity contribution in [3.8, 4) is 11.5 Å². The molecule has 1 fully saturated rings. The lowest BCUT2D eigenvalue weighted by Gasteiger charge is -2.20. The minimum atomic E-state index is 0.0143. The monoisotopic (exact) mass is 309 g/mol. The molecule has 0 spiro atoms. The maximum Gasteiger partial charge on any atom is 0.224 e. The van der Waals surface area contributed by atoms with Gasteiger partial charge in [-0.15, -0.1) is 0 Å². The molecule has 0 saturated heterocycles. The molecular formula is C16H20ClNO3. The average molecular weight is 310 g/mol. The molecular weight excluding hydrogens is 290 g/mol. The van der Waals surface area contributed by atoms with Gasteiger partial charge in [0.1, 0.15) is 13.2 Å². The van der Waals surface area contributed by atoms with Crippen molar-refractivity contribution in [2.45, 2.75) is 38.5 Å². The number of hydrogen-bond donors (Lipinski definition) is 1. The molecule has 114 valence electrons. The third-order valence-corrected chi connectivity index (χ3v) is 4.47. The van der Waals surface area contributed by atoms with Gasteiger partial charge < -0.3 is 14.8 Å². The normalized spacial score (nSPS) is 17.8. The summed E-state index contributed by atoms with van der Waals surface area (Å²) in [7, 11) is 0. The minimum absolute atomic E-state index is 0.0143. The summed E-state index contributed by atoms with van der Waals surface area (Å²) in [4.78, 5) is 12.0. The molecule has 0 unspecified atom stereocenters. The van der Waals surface area contributed by atoms with E-state index in [1.54, 1.807) is 12.1 Å². The van der Waals surface area contributed by atoms with Gasteiger partial charge >= 0.3 is 0 Å². The number of benzene rings is 1. The fourth-order valence-electron chi connectivity index (χ4n) is 3.01. The first kappa shape index (κ1) is 14.5. The van der Waals surface area contributed by atoms with E-state index in [0.29, 0.717) is 47.8 Å². The first-order chi connectivity index (χ1) is 10.2. The molecule has 5 heteroatoms. The van der Waals surface area contributed by atoms with E-state index < -0.39 is 0 Å². The Morgan fingerprint density at radius 1 is 1.19 bits per heavy atom. The van der Waals surface area contributed by atoms with Crippen LogP contribution in [0.1, 0.15) is 38.5 Å².